The minimum Gasteiger partial charge on any atom is -0.421 e. The van der Waals surface area contributed by atoms with Gasteiger partial charge in [0.2, 0.25) is 15.5 Å². The molecule has 3 nitrogen and oxygen atoms in total. The normalized spacial score (nSPS) is 31.5. The summed E-state index contributed by atoms with van der Waals surface area (Å²) in [5, 5.41) is 0. The molecular formula is C4H2Cl4O3. The predicted octanol–water partition coefficient (Wildman–Crippen LogP) is 2.46. The van der Waals surface area contributed by atoms with E-state index in [9.17, 15) is 4.79 Å². The van der Waals surface area contributed by atoms with Gasteiger partial charge in [0.15, 0.2) is 0 Å². The standard InChI is InChI=1S/C4H2Cl4O3/c5-2-1(4(6,7)8)10-3(9)11-2/h1-2H/t1-,2-/m0/s1. The summed E-state index contributed by atoms with van der Waals surface area (Å²) in [6.07, 6.45) is -1.98. The Labute approximate surface area is 82.4 Å². The van der Waals surface area contributed by atoms with E-state index in [0.29, 0.717) is 0 Å². The number of hydrogen-bond acceptors (Lipinski definition) is 3. The molecule has 0 amide bonds. The fourth-order valence-electron chi connectivity index (χ4n) is 0.554. The molecule has 1 fully saturated rings. The Hall–Kier alpha value is 0.430. The predicted molar refractivity (Wildman–Crippen MR) is 41.3 cm³/mol. The Kier molecular flexibility index (Phi) is 2.64. The van der Waals surface area contributed by atoms with Crippen LogP contribution in [-0.2, 0) is 9.47 Å². The molecule has 0 unspecified atom stereocenters. The zero-order valence-corrected chi connectivity index (χ0v) is 7.92. The van der Waals surface area contributed by atoms with E-state index in [1.807, 2.05) is 0 Å². The summed E-state index contributed by atoms with van der Waals surface area (Å²) in [5.74, 6) is 0. The Morgan fingerprint density at radius 2 is 1.82 bits per heavy atom. The molecule has 0 bridgehead atoms. The maximum absolute atomic E-state index is 10.4. The van der Waals surface area contributed by atoms with Crippen LogP contribution in [0.5, 0.6) is 0 Å². The molecule has 0 spiro atoms. The minimum atomic E-state index is -1.75. The summed E-state index contributed by atoms with van der Waals surface area (Å²) in [6.45, 7) is 0. The molecule has 0 radical (unpaired) electrons. The number of carbonyl (C=O) groups excluding carboxylic acids is 1. The molecule has 1 saturated heterocycles. The number of hydrogen-bond donors (Lipinski definition) is 0. The van der Waals surface area contributed by atoms with Crippen molar-refractivity contribution < 1.29 is 14.3 Å². The van der Waals surface area contributed by atoms with Crippen LogP contribution in [0.25, 0.3) is 0 Å². The fourth-order valence-corrected chi connectivity index (χ4v) is 1.54. The summed E-state index contributed by atoms with van der Waals surface area (Å²) in [7, 11) is 0. The van der Waals surface area contributed by atoms with Gasteiger partial charge in [-0.25, -0.2) is 4.79 Å². The minimum absolute atomic E-state index is 0.929. The monoisotopic (exact) mass is 238 g/mol. The van der Waals surface area contributed by atoms with Crippen molar-refractivity contribution in [1.29, 1.82) is 0 Å². The maximum atomic E-state index is 10.4. The topological polar surface area (TPSA) is 35.5 Å². The van der Waals surface area contributed by atoms with E-state index >= 15 is 0 Å². The Balaban J connectivity index is 2.67. The van der Waals surface area contributed by atoms with Gasteiger partial charge in [0.05, 0.1) is 0 Å². The number of cyclic esters (lactones) is 2. The zero-order chi connectivity index (χ0) is 8.65. The summed E-state index contributed by atoms with van der Waals surface area (Å²) in [5.41, 5.74) is -1.05. The van der Waals surface area contributed by atoms with Crippen molar-refractivity contribution in [1.82, 2.24) is 0 Å². The first kappa shape index (κ1) is 9.52. The van der Waals surface area contributed by atoms with Gasteiger partial charge in [-0.1, -0.05) is 46.4 Å². The van der Waals surface area contributed by atoms with Gasteiger partial charge >= 0.3 is 6.16 Å². The SMILES string of the molecule is O=C1O[C@H](Cl)[C@@H](C(Cl)(Cl)Cl)O1. The van der Waals surface area contributed by atoms with Gasteiger partial charge in [0.25, 0.3) is 0 Å². The molecule has 1 rings (SSSR count). The quantitative estimate of drug-likeness (QED) is 0.481. The van der Waals surface area contributed by atoms with Crippen LogP contribution in [0, 0.1) is 0 Å². The van der Waals surface area contributed by atoms with Gasteiger partial charge in [0, 0.05) is 0 Å². The van der Waals surface area contributed by atoms with Crippen molar-refractivity contribution in [3.8, 4) is 0 Å². The van der Waals surface area contributed by atoms with E-state index < -0.39 is 21.6 Å². The molecule has 0 aromatic heterocycles. The lowest BCUT2D eigenvalue weighted by Gasteiger charge is -2.17. The van der Waals surface area contributed by atoms with Gasteiger partial charge in [-0.15, -0.1) is 0 Å². The van der Waals surface area contributed by atoms with Crippen LogP contribution in [0.2, 0.25) is 0 Å². The van der Waals surface area contributed by atoms with Crippen molar-refractivity contribution >= 4 is 52.6 Å². The summed E-state index contributed by atoms with van der Waals surface area (Å²) in [4.78, 5) is 10.4. The fraction of sp³-hybridized carbons (Fsp3) is 0.750. The lowest BCUT2D eigenvalue weighted by Crippen LogP contribution is -2.31. The van der Waals surface area contributed by atoms with E-state index in [1.54, 1.807) is 0 Å². The number of rotatable bonds is 0. The van der Waals surface area contributed by atoms with Crippen LogP contribution in [0.4, 0.5) is 4.79 Å². The average molecular weight is 240 g/mol. The van der Waals surface area contributed by atoms with E-state index in [2.05, 4.69) is 9.47 Å². The van der Waals surface area contributed by atoms with Crippen LogP contribution in [-0.4, -0.2) is 21.6 Å². The third kappa shape index (κ3) is 2.18. The number of carbonyl (C=O) groups is 1. The van der Waals surface area contributed by atoms with Crippen LogP contribution >= 0.6 is 46.4 Å². The van der Waals surface area contributed by atoms with Crippen LogP contribution in [0.15, 0.2) is 0 Å². The van der Waals surface area contributed by atoms with Crippen molar-refractivity contribution in [2.75, 3.05) is 0 Å². The smallest absolute Gasteiger partial charge is 0.421 e. The molecule has 0 aromatic rings. The molecular weight excluding hydrogens is 238 g/mol. The second kappa shape index (κ2) is 3.05. The molecule has 1 heterocycles. The molecule has 11 heavy (non-hydrogen) atoms. The molecule has 1 aliphatic heterocycles. The van der Waals surface area contributed by atoms with Gasteiger partial charge in [-0.05, 0) is 0 Å². The number of alkyl halides is 4. The highest BCUT2D eigenvalue weighted by Gasteiger charge is 2.48. The average Bonchev–Trinajstić information content (AvgIpc) is 2.08. The summed E-state index contributed by atoms with van der Waals surface area (Å²) >= 11 is 21.6. The number of halogens is 4. The summed E-state index contributed by atoms with van der Waals surface area (Å²) in [6, 6.07) is 0. The lowest BCUT2D eigenvalue weighted by molar-refractivity contribution is 0.118. The third-order valence-electron chi connectivity index (χ3n) is 0.993. The van der Waals surface area contributed by atoms with E-state index in [4.69, 9.17) is 46.4 Å². The first-order chi connectivity index (χ1) is 4.91. The number of ether oxygens (including phenoxy) is 2. The highest BCUT2D eigenvalue weighted by Crippen LogP contribution is 2.38. The van der Waals surface area contributed by atoms with Gasteiger partial charge in [-0.2, -0.15) is 0 Å². The van der Waals surface area contributed by atoms with Gasteiger partial charge in [0.1, 0.15) is 0 Å². The highest BCUT2D eigenvalue weighted by atomic mass is 35.6. The largest absolute Gasteiger partial charge is 0.510 e. The zero-order valence-electron chi connectivity index (χ0n) is 4.89. The Bertz CT molecular complexity index is 177. The van der Waals surface area contributed by atoms with Crippen LogP contribution in [0.3, 0.4) is 0 Å². The molecule has 64 valence electrons. The van der Waals surface area contributed by atoms with E-state index in [0.717, 1.165) is 0 Å². The molecule has 0 saturated carbocycles. The third-order valence-corrected chi connectivity index (χ3v) is 1.96. The van der Waals surface area contributed by atoms with E-state index in [1.165, 1.54) is 0 Å². The molecule has 0 N–H and O–H groups in total. The van der Waals surface area contributed by atoms with Crippen LogP contribution < -0.4 is 0 Å². The van der Waals surface area contributed by atoms with E-state index in [-0.39, 0.29) is 0 Å². The molecule has 2 atom stereocenters. The molecule has 0 aliphatic carbocycles. The van der Waals surface area contributed by atoms with Crippen molar-refractivity contribution in [2.24, 2.45) is 0 Å². The molecule has 1 aliphatic rings. The Morgan fingerprint density at radius 3 is 2.00 bits per heavy atom. The van der Waals surface area contributed by atoms with Gasteiger partial charge < -0.3 is 9.47 Å². The lowest BCUT2D eigenvalue weighted by atomic mass is 10.4. The first-order valence-electron chi connectivity index (χ1n) is 2.49. The van der Waals surface area contributed by atoms with Gasteiger partial charge in [-0.3, -0.25) is 0 Å². The summed E-state index contributed by atoms with van der Waals surface area (Å²) < 4.78 is 7.05. The highest BCUT2D eigenvalue weighted by molar-refractivity contribution is 6.68. The van der Waals surface area contributed by atoms with Crippen molar-refractivity contribution in [3.05, 3.63) is 0 Å². The second-order valence-electron chi connectivity index (χ2n) is 1.80. The molecule has 0 aromatic carbocycles. The van der Waals surface area contributed by atoms with Crippen molar-refractivity contribution in [2.45, 2.75) is 15.5 Å². The Morgan fingerprint density at radius 1 is 1.27 bits per heavy atom. The second-order valence-corrected chi connectivity index (χ2v) is 4.60. The molecule has 7 heteroatoms. The van der Waals surface area contributed by atoms with Crippen LogP contribution in [0.1, 0.15) is 0 Å². The van der Waals surface area contributed by atoms with Crippen molar-refractivity contribution in [3.63, 3.8) is 0 Å². The first-order valence-corrected chi connectivity index (χ1v) is 4.06. The maximum Gasteiger partial charge on any atom is 0.510 e.